The average molecular weight is 196 g/mol. The lowest BCUT2D eigenvalue weighted by Crippen LogP contribution is -2.37. The molecule has 5 atom stereocenters. The molecule has 1 aliphatic rings. The third-order valence-electron chi connectivity index (χ3n) is 2.01. The Morgan fingerprint density at radius 3 is 2.62 bits per heavy atom. The second-order valence-corrected chi connectivity index (χ2v) is 2.89. The Kier molecular flexibility index (Phi) is 3.57. The van der Waals surface area contributed by atoms with Crippen LogP contribution < -0.4 is 0 Å². The summed E-state index contributed by atoms with van der Waals surface area (Å²) in [5.74, 6) is 0. The maximum Gasteiger partial charge on any atom is 0.186 e. The Balaban J connectivity index is 2.60. The van der Waals surface area contributed by atoms with E-state index in [-0.39, 0.29) is 0 Å². The van der Waals surface area contributed by atoms with Gasteiger partial charge in [0.1, 0.15) is 18.3 Å². The van der Waals surface area contributed by atoms with Crippen molar-refractivity contribution in [3.05, 3.63) is 0 Å². The smallest absolute Gasteiger partial charge is 0.186 e. The first-order chi connectivity index (χ1) is 6.11. The van der Waals surface area contributed by atoms with Crippen LogP contribution in [0.2, 0.25) is 0 Å². The Morgan fingerprint density at radius 1 is 1.62 bits per heavy atom. The molecule has 5 nitrogen and oxygen atoms in total. The molecule has 13 heavy (non-hydrogen) atoms. The van der Waals surface area contributed by atoms with Crippen molar-refractivity contribution >= 4 is 0 Å². The molecule has 0 unspecified atom stereocenters. The van der Waals surface area contributed by atoms with Gasteiger partial charge in [0.2, 0.25) is 0 Å². The molecule has 0 aromatic rings. The number of hydrogen-bond acceptors (Lipinski definition) is 5. The molecule has 6 heteroatoms. The second-order valence-electron chi connectivity index (χ2n) is 2.89. The number of aliphatic hydroxyl groups excluding tert-OH is 3. The molecular weight excluding hydrogens is 183 g/mol. The Labute approximate surface area is 74.7 Å². The van der Waals surface area contributed by atoms with Gasteiger partial charge in [0, 0.05) is 7.11 Å². The van der Waals surface area contributed by atoms with Gasteiger partial charge in [-0.2, -0.15) is 0 Å². The van der Waals surface area contributed by atoms with E-state index in [1.54, 1.807) is 0 Å². The van der Waals surface area contributed by atoms with Gasteiger partial charge >= 0.3 is 0 Å². The van der Waals surface area contributed by atoms with Crippen molar-refractivity contribution in [2.24, 2.45) is 0 Å². The van der Waals surface area contributed by atoms with Crippen LogP contribution in [0.25, 0.3) is 0 Å². The van der Waals surface area contributed by atoms with Gasteiger partial charge in [0.15, 0.2) is 12.5 Å². The van der Waals surface area contributed by atoms with Crippen molar-refractivity contribution in [3.63, 3.8) is 0 Å². The van der Waals surface area contributed by atoms with Crippen molar-refractivity contribution < 1.29 is 29.2 Å². The van der Waals surface area contributed by atoms with Gasteiger partial charge in [-0.1, -0.05) is 0 Å². The number of halogens is 1. The van der Waals surface area contributed by atoms with Crippen LogP contribution in [0.4, 0.5) is 4.39 Å². The lowest BCUT2D eigenvalue weighted by molar-refractivity contribution is -0.166. The van der Waals surface area contributed by atoms with Crippen LogP contribution in [0.1, 0.15) is 0 Å². The number of ether oxygens (including phenoxy) is 2. The summed E-state index contributed by atoms with van der Waals surface area (Å²) in [7, 11) is 1.26. The maximum absolute atomic E-state index is 13.1. The highest BCUT2D eigenvalue weighted by Gasteiger charge is 2.47. The van der Waals surface area contributed by atoms with Gasteiger partial charge in [-0.05, 0) is 0 Å². The Bertz CT molecular complexity index is 167. The highest BCUT2D eigenvalue weighted by Crippen LogP contribution is 2.26. The molecule has 1 aliphatic heterocycles. The Morgan fingerprint density at radius 2 is 2.23 bits per heavy atom. The minimum atomic E-state index is -1.74. The first kappa shape index (κ1) is 10.8. The van der Waals surface area contributed by atoms with Gasteiger partial charge in [0.05, 0.1) is 6.61 Å². The Hall–Kier alpha value is -0.270. The molecule has 0 aliphatic carbocycles. The fourth-order valence-electron chi connectivity index (χ4n) is 1.26. The molecule has 0 saturated carbocycles. The molecule has 0 aromatic heterocycles. The molecule has 1 heterocycles. The predicted molar refractivity (Wildman–Crippen MR) is 39.7 cm³/mol. The fraction of sp³-hybridized carbons (Fsp3) is 1.00. The summed E-state index contributed by atoms with van der Waals surface area (Å²) in [6, 6.07) is 0. The standard InChI is InChI=1S/C7H13FO5/c1-12-7-5(11)4(8)6(13-7)3(10)2-9/h3-7,9-11H,2H2,1H3/t3-,4-,5-,6-,7-/m1/s1. The molecule has 0 bridgehead atoms. The molecule has 0 radical (unpaired) electrons. The quantitative estimate of drug-likeness (QED) is 0.507. The van der Waals surface area contributed by atoms with Crippen LogP contribution in [0.3, 0.4) is 0 Å². The highest BCUT2D eigenvalue weighted by atomic mass is 19.1. The summed E-state index contributed by atoms with van der Waals surface area (Å²) in [6.45, 7) is -0.617. The van der Waals surface area contributed by atoms with Crippen molar-refractivity contribution in [3.8, 4) is 0 Å². The van der Waals surface area contributed by atoms with E-state index in [2.05, 4.69) is 4.74 Å². The van der Waals surface area contributed by atoms with E-state index in [1.165, 1.54) is 7.11 Å². The normalized spacial score (nSPS) is 42.2. The largest absolute Gasteiger partial charge is 0.394 e. The highest BCUT2D eigenvalue weighted by molar-refractivity contribution is 4.90. The fourth-order valence-corrected chi connectivity index (χ4v) is 1.26. The summed E-state index contributed by atoms with van der Waals surface area (Å²) >= 11 is 0. The number of methoxy groups -OCH3 is 1. The summed E-state index contributed by atoms with van der Waals surface area (Å²) in [4.78, 5) is 0. The minimum absolute atomic E-state index is 0.617. The topological polar surface area (TPSA) is 79.2 Å². The van der Waals surface area contributed by atoms with E-state index in [0.717, 1.165) is 0 Å². The van der Waals surface area contributed by atoms with Gasteiger partial charge in [-0.15, -0.1) is 0 Å². The van der Waals surface area contributed by atoms with E-state index in [4.69, 9.17) is 20.1 Å². The third kappa shape index (κ3) is 1.97. The van der Waals surface area contributed by atoms with E-state index < -0.39 is 37.4 Å². The van der Waals surface area contributed by atoms with Crippen LogP contribution in [-0.2, 0) is 9.47 Å². The monoisotopic (exact) mass is 196 g/mol. The predicted octanol–water partition coefficient (Wildman–Crippen LogP) is -1.59. The van der Waals surface area contributed by atoms with Crippen LogP contribution in [0.5, 0.6) is 0 Å². The van der Waals surface area contributed by atoms with E-state index in [1.807, 2.05) is 0 Å². The first-order valence-corrected chi connectivity index (χ1v) is 3.91. The summed E-state index contributed by atoms with van der Waals surface area (Å²) in [5.41, 5.74) is 0. The van der Waals surface area contributed by atoms with Crippen molar-refractivity contribution in [2.75, 3.05) is 13.7 Å². The molecule has 0 amide bonds. The number of rotatable bonds is 3. The maximum atomic E-state index is 13.1. The first-order valence-electron chi connectivity index (χ1n) is 3.91. The van der Waals surface area contributed by atoms with Crippen LogP contribution in [0, 0.1) is 0 Å². The van der Waals surface area contributed by atoms with Gasteiger partial charge in [-0.3, -0.25) is 0 Å². The molecular formula is C7H13FO5. The zero-order valence-corrected chi connectivity index (χ0v) is 7.13. The van der Waals surface area contributed by atoms with Gasteiger partial charge in [-0.25, -0.2) is 4.39 Å². The number of alkyl halides is 1. The zero-order chi connectivity index (χ0) is 10.0. The van der Waals surface area contributed by atoms with Crippen molar-refractivity contribution in [2.45, 2.75) is 30.8 Å². The SMILES string of the molecule is CO[C@@H]1O[C@H]([C@H](O)CO)[C@H](F)[C@H]1O. The molecule has 1 rings (SSSR count). The minimum Gasteiger partial charge on any atom is -0.394 e. The second kappa shape index (κ2) is 4.30. The molecule has 3 N–H and O–H groups in total. The summed E-state index contributed by atoms with van der Waals surface area (Å²) in [5, 5.41) is 26.8. The zero-order valence-electron chi connectivity index (χ0n) is 7.13. The van der Waals surface area contributed by atoms with Gasteiger partial charge < -0.3 is 24.8 Å². The summed E-state index contributed by atoms with van der Waals surface area (Å²) in [6.07, 6.45) is -6.82. The number of aliphatic hydroxyl groups is 3. The molecule has 1 saturated heterocycles. The lowest BCUT2D eigenvalue weighted by Gasteiger charge is -2.16. The average Bonchev–Trinajstić information content (AvgIpc) is 2.43. The van der Waals surface area contributed by atoms with Crippen LogP contribution >= 0.6 is 0 Å². The van der Waals surface area contributed by atoms with Crippen molar-refractivity contribution in [1.29, 1.82) is 0 Å². The van der Waals surface area contributed by atoms with Crippen LogP contribution in [0.15, 0.2) is 0 Å². The van der Waals surface area contributed by atoms with Gasteiger partial charge in [0.25, 0.3) is 0 Å². The number of hydrogen-bond donors (Lipinski definition) is 3. The molecule has 0 aromatic carbocycles. The van der Waals surface area contributed by atoms with E-state index >= 15 is 0 Å². The van der Waals surface area contributed by atoms with Crippen LogP contribution in [-0.4, -0.2) is 59.8 Å². The molecule has 0 spiro atoms. The van der Waals surface area contributed by atoms with Crippen molar-refractivity contribution in [1.82, 2.24) is 0 Å². The summed E-state index contributed by atoms with van der Waals surface area (Å²) < 4.78 is 22.6. The lowest BCUT2D eigenvalue weighted by atomic mass is 10.1. The molecule has 1 fully saturated rings. The van der Waals surface area contributed by atoms with E-state index in [0.29, 0.717) is 0 Å². The third-order valence-corrected chi connectivity index (χ3v) is 2.01. The molecule has 78 valence electrons. The van der Waals surface area contributed by atoms with E-state index in [9.17, 15) is 4.39 Å².